The van der Waals surface area contributed by atoms with Crippen molar-refractivity contribution in [1.29, 1.82) is 0 Å². The third-order valence-electron chi connectivity index (χ3n) is 7.24. The number of benzene rings is 1. The number of fused-ring (bicyclic) bond motifs is 1. The summed E-state index contributed by atoms with van der Waals surface area (Å²) in [4.78, 5) is 14.8. The SMILES string of the molecule is O=c1ccc2ccc(F)c3c2n1CCC3CN1CCC(NCc2cc3c(nn2)OCCO3)CC1. The minimum Gasteiger partial charge on any atom is -0.484 e. The zero-order valence-corrected chi connectivity index (χ0v) is 19.0. The third kappa shape index (κ3) is 4.03. The quantitative estimate of drug-likeness (QED) is 0.620. The van der Waals surface area contributed by atoms with Crippen LogP contribution in [0.1, 0.15) is 36.4 Å². The normalized spacial score (nSPS) is 20.6. The van der Waals surface area contributed by atoms with Gasteiger partial charge in [-0.05, 0) is 55.9 Å². The Balaban J connectivity index is 1.07. The number of piperidine rings is 1. The van der Waals surface area contributed by atoms with Gasteiger partial charge in [-0.25, -0.2) is 4.39 Å². The number of rotatable bonds is 5. The Hall–Kier alpha value is -3.04. The molecule has 34 heavy (non-hydrogen) atoms. The lowest BCUT2D eigenvalue weighted by molar-refractivity contribution is 0.161. The second-order valence-electron chi connectivity index (χ2n) is 9.37. The van der Waals surface area contributed by atoms with E-state index in [2.05, 4.69) is 20.4 Å². The van der Waals surface area contributed by atoms with Gasteiger partial charge in [-0.3, -0.25) is 4.79 Å². The number of hydrogen-bond donors (Lipinski definition) is 1. The van der Waals surface area contributed by atoms with E-state index in [0.29, 0.717) is 49.5 Å². The van der Waals surface area contributed by atoms with Crippen LogP contribution in [0.5, 0.6) is 11.6 Å². The first kappa shape index (κ1) is 21.5. The van der Waals surface area contributed by atoms with Crippen molar-refractivity contribution in [2.24, 2.45) is 0 Å². The van der Waals surface area contributed by atoms with Crippen LogP contribution in [-0.2, 0) is 13.1 Å². The molecule has 9 heteroatoms. The molecule has 1 unspecified atom stereocenters. The van der Waals surface area contributed by atoms with E-state index in [1.807, 2.05) is 12.1 Å². The predicted molar refractivity (Wildman–Crippen MR) is 125 cm³/mol. The molecular weight excluding hydrogens is 437 g/mol. The number of aryl methyl sites for hydroxylation is 1. The average Bonchev–Trinajstić information content (AvgIpc) is 2.87. The van der Waals surface area contributed by atoms with E-state index in [9.17, 15) is 9.18 Å². The van der Waals surface area contributed by atoms with Crippen molar-refractivity contribution in [3.63, 3.8) is 0 Å². The van der Waals surface area contributed by atoms with Gasteiger partial charge in [0.05, 0.1) is 11.2 Å². The molecule has 0 bridgehead atoms. The molecule has 0 radical (unpaired) electrons. The van der Waals surface area contributed by atoms with Crippen molar-refractivity contribution in [2.45, 2.75) is 44.3 Å². The summed E-state index contributed by atoms with van der Waals surface area (Å²) in [7, 11) is 0. The predicted octanol–water partition coefficient (Wildman–Crippen LogP) is 2.44. The summed E-state index contributed by atoms with van der Waals surface area (Å²) in [6, 6.07) is 9.00. The van der Waals surface area contributed by atoms with Gasteiger partial charge in [0.1, 0.15) is 19.0 Å². The summed E-state index contributed by atoms with van der Waals surface area (Å²) >= 11 is 0. The van der Waals surface area contributed by atoms with Crippen LogP contribution in [0.3, 0.4) is 0 Å². The van der Waals surface area contributed by atoms with E-state index in [-0.39, 0.29) is 17.3 Å². The number of hydrogen-bond acceptors (Lipinski definition) is 7. The van der Waals surface area contributed by atoms with Crippen molar-refractivity contribution in [2.75, 3.05) is 32.8 Å². The van der Waals surface area contributed by atoms with Crippen LogP contribution in [0.2, 0.25) is 0 Å². The summed E-state index contributed by atoms with van der Waals surface area (Å²) in [6.07, 6.45) is 2.83. The molecule has 0 spiro atoms. The number of likely N-dealkylation sites (tertiary alicyclic amines) is 1. The van der Waals surface area contributed by atoms with E-state index in [0.717, 1.165) is 55.5 Å². The minimum atomic E-state index is -0.200. The average molecular weight is 466 g/mol. The Kier molecular flexibility index (Phi) is 5.66. The molecule has 178 valence electrons. The molecule has 0 aliphatic carbocycles. The maximum Gasteiger partial charge on any atom is 0.276 e. The highest BCUT2D eigenvalue weighted by atomic mass is 19.1. The number of pyridine rings is 1. The lowest BCUT2D eigenvalue weighted by Gasteiger charge is -2.36. The summed E-state index contributed by atoms with van der Waals surface area (Å²) in [5.41, 5.74) is 2.28. The Morgan fingerprint density at radius 1 is 1.03 bits per heavy atom. The van der Waals surface area contributed by atoms with Crippen molar-refractivity contribution in [3.8, 4) is 11.6 Å². The molecule has 3 aliphatic rings. The topological polar surface area (TPSA) is 81.5 Å². The standard InChI is InChI=1S/C25H28FN5O3/c26-20-3-1-16-2-4-22(32)31-10-5-17(23(20)24(16)31)15-30-8-6-18(7-9-30)27-14-19-13-21-25(29-28-19)34-12-11-33-21/h1-4,13,17-18,27H,5-12,14-15H2. The van der Waals surface area contributed by atoms with Crippen LogP contribution in [0.15, 0.2) is 35.1 Å². The molecular formula is C25H28FN5O3. The minimum absolute atomic E-state index is 0.0487. The van der Waals surface area contributed by atoms with Crippen molar-refractivity contribution in [3.05, 3.63) is 57.8 Å². The van der Waals surface area contributed by atoms with Crippen molar-refractivity contribution < 1.29 is 13.9 Å². The maximum atomic E-state index is 14.9. The first-order valence-electron chi connectivity index (χ1n) is 12.1. The Morgan fingerprint density at radius 2 is 1.85 bits per heavy atom. The molecule has 8 nitrogen and oxygen atoms in total. The van der Waals surface area contributed by atoms with Crippen LogP contribution >= 0.6 is 0 Å². The molecule has 3 aromatic rings. The highest BCUT2D eigenvalue weighted by molar-refractivity contribution is 5.83. The first-order valence-corrected chi connectivity index (χ1v) is 12.1. The van der Waals surface area contributed by atoms with Crippen molar-refractivity contribution in [1.82, 2.24) is 25.0 Å². The van der Waals surface area contributed by atoms with Crippen LogP contribution < -0.4 is 20.3 Å². The van der Waals surface area contributed by atoms with Crippen LogP contribution in [-0.4, -0.2) is 58.6 Å². The smallest absolute Gasteiger partial charge is 0.276 e. The Bertz CT molecular complexity index is 1270. The lowest BCUT2D eigenvalue weighted by Crippen LogP contribution is -2.44. The largest absolute Gasteiger partial charge is 0.484 e. The molecule has 1 atom stereocenters. The Morgan fingerprint density at radius 3 is 2.74 bits per heavy atom. The van der Waals surface area contributed by atoms with Crippen molar-refractivity contribution >= 4 is 10.9 Å². The van der Waals surface area contributed by atoms with Gasteiger partial charge in [0.15, 0.2) is 5.75 Å². The fourth-order valence-corrected chi connectivity index (χ4v) is 5.48. The number of aromatic nitrogens is 3. The van der Waals surface area contributed by atoms with Gasteiger partial charge < -0.3 is 24.3 Å². The summed E-state index contributed by atoms with van der Waals surface area (Å²) in [6.45, 7) is 5.05. The maximum absolute atomic E-state index is 14.9. The van der Waals surface area contributed by atoms with Gasteiger partial charge in [-0.1, -0.05) is 0 Å². The van der Waals surface area contributed by atoms with Gasteiger partial charge in [0.2, 0.25) is 0 Å². The third-order valence-corrected chi connectivity index (χ3v) is 7.24. The molecule has 1 fully saturated rings. The highest BCUT2D eigenvalue weighted by Gasteiger charge is 2.29. The summed E-state index contributed by atoms with van der Waals surface area (Å²) in [5.74, 6) is 1.02. The number of ether oxygens (including phenoxy) is 2. The summed E-state index contributed by atoms with van der Waals surface area (Å²) < 4.78 is 27.7. The second-order valence-corrected chi connectivity index (χ2v) is 9.37. The summed E-state index contributed by atoms with van der Waals surface area (Å²) in [5, 5.41) is 12.9. The fourth-order valence-electron chi connectivity index (χ4n) is 5.48. The van der Waals surface area contributed by atoms with Crippen LogP contribution in [0, 0.1) is 5.82 Å². The first-order chi connectivity index (χ1) is 16.7. The van der Waals surface area contributed by atoms with Gasteiger partial charge in [0, 0.05) is 49.3 Å². The van der Waals surface area contributed by atoms with Gasteiger partial charge in [-0.15, -0.1) is 5.10 Å². The Labute approximate surface area is 196 Å². The molecule has 2 aromatic heterocycles. The van der Waals surface area contributed by atoms with Gasteiger partial charge >= 0.3 is 0 Å². The lowest BCUT2D eigenvalue weighted by atomic mass is 9.88. The monoisotopic (exact) mass is 465 g/mol. The van der Waals surface area contributed by atoms with Gasteiger partial charge in [0.25, 0.3) is 11.4 Å². The fraction of sp³-hybridized carbons (Fsp3) is 0.480. The molecule has 1 N–H and O–H groups in total. The molecule has 1 saturated heterocycles. The number of nitrogens with zero attached hydrogens (tertiary/aromatic N) is 4. The number of nitrogens with one attached hydrogen (secondary N) is 1. The second kappa shape index (κ2) is 8.96. The highest BCUT2D eigenvalue weighted by Crippen LogP contribution is 2.35. The zero-order chi connectivity index (χ0) is 23.1. The van der Waals surface area contributed by atoms with E-state index < -0.39 is 0 Å². The van der Waals surface area contributed by atoms with E-state index in [1.165, 1.54) is 0 Å². The molecule has 0 saturated carbocycles. The van der Waals surface area contributed by atoms with Crippen LogP contribution in [0.25, 0.3) is 10.9 Å². The molecule has 0 amide bonds. The number of halogens is 1. The van der Waals surface area contributed by atoms with E-state index >= 15 is 0 Å². The molecule has 6 rings (SSSR count). The molecule has 1 aromatic carbocycles. The van der Waals surface area contributed by atoms with Crippen LogP contribution in [0.4, 0.5) is 4.39 Å². The van der Waals surface area contributed by atoms with E-state index in [1.54, 1.807) is 22.8 Å². The van der Waals surface area contributed by atoms with E-state index in [4.69, 9.17) is 9.47 Å². The molecule has 3 aliphatic heterocycles. The zero-order valence-electron chi connectivity index (χ0n) is 19.0. The van der Waals surface area contributed by atoms with Gasteiger partial charge in [-0.2, -0.15) is 5.10 Å². The molecule has 5 heterocycles.